The smallest absolute Gasteiger partial charge is 0.324 e. The molecule has 7 nitrogen and oxygen atoms in total. The molecule has 32 heavy (non-hydrogen) atoms. The van der Waals surface area contributed by atoms with Crippen molar-refractivity contribution in [1.82, 2.24) is 9.97 Å². The second-order valence-corrected chi connectivity index (χ2v) is 6.99. The lowest BCUT2D eigenvalue weighted by atomic mass is 10.2. The predicted molar refractivity (Wildman–Crippen MR) is 128 cm³/mol. The molecule has 4 aromatic rings. The maximum absolute atomic E-state index is 12.1. The van der Waals surface area contributed by atoms with Gasteiger partial charge in [0.25, 0.3) is 0 Å². The van der Waals surface area contributed by atoms with Gasteiger partial charge in [0.1, 0.15) is 5.69 Å². The van der Waals surface area contributed by atoms with Gasteiger partial charge in [-0.25, -0.2) is 4.98 Å². The van der Waals surface area contributed by atoms with Crippen LogP contribution in [0.5, 0.6) is 0 Å². The quantitative estimate of drug-likeness (QED) is 0.287. The molecule has 0 aliphatic rings. The Kier molecular flexibility index (Phi) is 6.17. The number of nitrogens with one attached hydrogen (secondary N) is 1. The molecule has 1 N–H and O–H groups in total. The zero-order valence-electron chi connectivity index (χ0n) is 17.4. The number of hydrogen-bond acceptors (Lipinski definition) is 6. The SMILES string of the molecule is CN(c1ccccc1)c1nc(Nc2ccccc2)nc(C=Cc2ccccc2)c1[N+](=O)[O-]. The fourth-order valence-electron chi connectivity index (χ4n) is 3.20. The monoisotopic (exact) mass is 423 g/mol. The molecule has 4 rings (SSSR count). The number of nitro groups is 1. The molecule has 0 radical (unpaired) electrons. The molecular formula is C25H21N5O2. The minimum absolute atomic E-state index is 0.165. The number of rotatable bonds is 7. The van der Waals surface area contributed by atoms with Crippen molar-refractivity contribution in [1.29, 1.82) is 0 Å². The first-order valence-electron chi connectivity index (χ1n) is 10.0. The third-order valence-electron chi connectivity index (χ3n) is 4.80. The lowest BCUT2D eigenvalue weighted by molar-refractivity contribution is -0.384. The number of aromatic nitrogens is 2. The van der Waals surface area contributed by atoms with Crippen LogP contribution in [0.3, 0.4) is 0 Å². The van der Waals surface area contributed by atoms with E-state index in [1.807, 2.05) is 91.0 Å². The summed E-state index contributed by atoms with van der Waals surface area (Å²) in [5.74, 6) is 0.467. The highest BCUT2D eigenvalue weighted by Crippen LogP contribution is 2.35. The van der Waals surface area contributed by atoms with Gasteiger partial charge in [0.05, 0.1) is 4.92 Å². The summed E-state index contributed by atoms with van der Waals surface area (Å²) in [7, 11) is 1.75. The molecule has 0 saturated heterocycles. The van der Waals surface area contributed by atoms with E-state index in [1.54, 1.807) is 24.1 Å². The minimum Gasteiger partial charge on any atom is -0.324 e. The lowest BCUT2D eigenvalue weighted by Gasteiger charge is -2.19. The van der Waals surface area contributed by atoms with Crippen molar-refractivity contribution in [3.8, 4) is 0 Å². The maximum atomic E-state index is 12.1. The van der Waals surface area contributed by atoms with Crippen LogP contribution in [0.25, 0.3) is 12.2 Å². The highest BCUT2D eigenvalue weighted by molar-refractivity contribution is 5.80. The Bertz CT molecular complexity index is 1230. The molecule has 0 amide bonds. The van der Waals surface area contributed by atoms with Crippen molar-refractivity contribution in [2.45, 2.75) is 0 Å². The van der Waals surface area contributed by atoms with Gasteiger partial charge in [-0.1, -0.05) is 72.8 Å². The normalized spacial score (nSPS) is 10.8. The summed E-state index contributed by atoms with van der Waals surface area (Å²) >= 11 is 0. The molecule has 158 valence electrons. The first-order valence-corrected chi connectivity index (χ1v) is 10.0. The number of anilines is 4. The summed E-state index contributed by atoms with van der Waals surface area (Å²) < 4.78 is 0. The Hall–Kier alpha value is -4.52. The molecule has 0 bridgehead atoms. The van der Waals surface area contributed by atoms with Crippen LogP contribution in [0.1, 0.15) is 11.3 Å². The molecule has 0 atom stereocenters. The van der Waals surface area contributed by atoms with Crippen molar-refractivity contribution < 1.29 is 4.92 Å². The molecular weight excluding hydrogens is 402 g/mol. The van der Waals surface area contributed by atoms with E-state index in [9.17, 15) is 10.1 Å². The number of benzene rings is 3. The van der Waals surface area contributed by atoms with Gasteiger partial charge in [-0.15, -0.1) is 0 Å². The number of para-hydroxylation sites is 2. The van der Waals surface area contributed by atoms with Crippen LogP contribution in [0, 0.1) is 10.1 Å². The largest absolute Gasteiger partial charge is 0.337 e. The van der Waals surface area contributed by atoms with Gasteiger partial charge in [0.15, 0.2) is 0 Å². The van der Waals surface area contributed by atoms with Crippen molar-refractivity contribution in [3.63, 3.8) is 0 Å². The van der Waals surface area contributed by atoms with Gasteiger partial charge in [-0.05, 0) is 35.9 Å². The Balaban J connectivity index is 1.85. The van der Waals surface area contributed by atoms with E-state index >= 15 is 0 Å². The van der Waals surface area contributed by atoms with Crippen molar-refractivity contribution in [3.05, 3.63) is 112 Å². The lowest BCUT2D eigenvalue weighted by Crippen LogP contribution is -2.16. The minimum atomic E-state index is -0.439. The second-order valence-electron chi connectivity index (χ2n) is 6.99. The Labute approximate surface area is 185 Å². The molecule has 0 fully saturated rings. The molecule has 1 heterocycles. The van der Waals surface area contributed by atoms with Gasteiger partial charge in [0.2, 0.25) is 11.8 Å². The fourth-order valence-corrected chi connectivity index (χ4v) is 3.20. The van der Waals surface area contributed by atoms with Crippen LogP contribution in [-0.4, -0.2) is 21.9 Å². The molecule has 0 aliphatic carbocycles. The summed E-state index contributed by atoms with van der Waals surface area (Å²) in [6.45, 7) is 0. The molecule has 1 aromatic heterocycles. The van der Waals surface area contributed by atoms with E-state index in [4.69, 9.17) is 0 Å². The summed E-state index contributed by atoms with van der Waals surface area (Å²) in [5, 5.41) is 15.3. The topological polar surface area (TPSA) is 84.2 Å². The van der Waals surface area contributed by atoms with E-state index in [-0.39, 0.29) is 23.1 Å². The fraction of sp³-hybridized carbons (Fsp3) is 0.0400. The van der Waals surface area contributed by atoms with E-state index in [0.29, 0.717) is 0 Å². The standard InChI is InChI=1S/C25H21N5O2/c1-29(21-15-9-4-10-16-21)24-23(30(31)32)22(18-17-19-11-5-2-6-12-19)27-25(28-24)26-20-13-7-3-8-14-20/h2-18H,1H3,(H,26,27,28). The van der Waals surface area contributed by atoms with Gasteiger partial charge in [-0.2, -0.15) is 4.98 Å². The summed E-state index contributed by atoms with van der Waals surface area (Å²) in [4.78, 5) is 22.3. The Morgan fingerprint density at radius 1 is 0.844 bits per heavy atom. The van der Waals surface area contributed by atoms with Crippen molar-refractivity contribution in [2.24, 2.45) is 0 Å². The van der Waals surface area contributed by atoms with Gasteiger partial charge < -0.3 is 10.2 Å². The molecule has 0 saturated carbocycles. The summed E-state index contributed by atoms with van der Waals surface area (Å²) in [6, 6.07) is 28.4. The highest BCUT2D eigenvalue weighted by atomic mass is 16.6. The number of hydrogen-bond donors (Lipinski definition) is 1. The third-order valence-corrected chi connectivity index (χ3v) is 4.80. The molecule has 3 aromatic carbocycles. The molecule has 7 heteroatoms. The van der Waals surface area contributed by atoms with Crippen LogP contribution in [0.15, 0.2) is 91.0 Å². The third kappa shape index (κ3) is 4.79. The Morgan fingerprint density at radius 2 is 1.44 bits per heavy atom. The van der Waals surface area contributed by atoms with Crippen LogP contribution in [-0.2, 0) is 0 Å². The van der Waals surface area contributed by atoms with Gasteiger partial charge >= 0.3 is 5.69 Å². The second kappa shape index (κ2) is 9.53. The van der Waals surface area contributed by atoms with E-state index < -0.39 is 4.92 Å². The van der Waals surface area contributed by atoms with Crippen molar-refractivity contribution in [2.75, 3.05) is 17.3 Å². The Morgan fingerprint density at radius 3 is 2.06 bits per heavy atom. The zero-order valence-corrected chi connectivity index (χ0v) is 17.4. The average Bonchev–Trinajstić information content (AvgIpc) is 2.83. The van der Waals surface area contributed by atoms with Crippen LogP contribution in [0.4, 0.5) is 28.8 Å². The average molecular weight is 423 g/mol. The first kappa shape index (κ1) is 20.7. The van der Waals surface area contributed by atoms with Crippen LogP contribution >= 0.6 is 0 Å². The number of nitrogens with zero attached hydrogens (tertiary/aromatic N) is 4. The van der Waals surface area contributed by atoms with Crippen LogP contribution < -0.4 is 10.2 Å². The molecule has 0 spiro atoms. The summed E-state index contributed by atoms with van der Waals surface area (Å²) in [5.41, 5.74) is 2.52. The first-order chi connectivity index (χ1) is 15.6. The summed E-state index contributed by atoms with van der Waals surface area (Å²) in [6.07, 6.45) is 3.45. The van der Waals surface area contributed by atoms with E-state index in [0.717, 1.165) is 16.9 Å². The van der Waals surface area contributed by atoms with E-state index in [1.165, 1.54) is 0 Å². The molecule has 0 aliphatic heterocycles. The van der Waals surface area contributed by atoms with E-state index in [2.05, 4.69) is 15.3 Å². The molecule has 0 unspecified atom stereocenters. The maximum Gasteiger partial charge on any atom is 0.337 e. The zero-order chi connectivity index (χ0) is 22.3. The van der Waals surface area contributed by atoms with Gasteiger partial charge in [0, 0.05) is 18.4 Å². The predicted octanol–water partition coefficient (Wildman–Crippen LogP) is 6.07. The van der Waals surface area contributed by atoms with Crippen molar-refractivity contribution >= 4 is 41.0 Å². The van der Waals surface area contributed by atoms with Gasteiger partial charge in [-0.3, -0.25) is 10.1 Å². The van der Waals surface area contributed by atoms with Crippen LogP contribution in [0.2, 0.25) is 0 Å². The highest BCUT2D eigenvalue weighted by Gasteiger charge is 2.27.